The number of imidazole rings is 1. The van der Waals surface area contributed by atoms with Crippen LogP contribution in [0.2, 0.25) is 0 Å². The third kappa shape index (κ3) is 3.36. The summed E-state index contributed by atoms with van der Waals surface area (Å²) in [5, 5.41) is 13.6. The van der Waals surface area contributed by atoms with Crippen LogP contribution in [0.5, 0.6) is 5.75 Å². The summed E-state index contributed by atoms with van der Waals surface area (Å²) in [6, 6.07) is 10.1. The van der Waals surface area contributed by atoms with Crippen molar-refractivity contribution in [1.82, 2.24) is 14.4 Å². The smallest absolute Gasteiger partial charge is 0.301 e. The number of Topliss-reactive ketones (excluding diaryl/α,β-unsaturated/α-hetero) is 1. The Kier molecular flexibility index (Phi) is 5.41. The van der Waals surface area contributed by atoms with E-state index in [4.69, 9.17) is 4.74 Å². The van der Waals surface area contributed by atoms with E-state index in [-0.39, 0.29) is 17.0 Å². The minimum absolute atomic E-state index is 0.0296. The summed E-state index contributed by atoms with van der Waals surface area (Å²) in [7, 11) is 0. The average molecular weight is 475 g/mol. The molecule has 9 heteroatoms. The first-order valence-electron chi connectivity index (χ1n) is 10.8. The summed E-state index contributed by atoms with van der Waals surface area (Å²) in [6.07, 6.45) is 3.42. The molecule has 0 radical (unpaired) electrons. The zero-order valence-electron chi connectivity index (χ0n) is 18.8. The molecule has 172 valence electrons. The van der Waals surface area contributed by atoms with Crippen LogP contribution in [0.3, 0.4) is 0 Å². The first-order chi connectivity index (χ1) is 16.4. The summed E-state index contributed by atoms with van der Waals surface area (Å²) in [5.74, 6) is -1.25. The highest BCUT2D eigenvalue weighted by Crippen LogP contribution is 2.43. The Bertz CT molecular complexity index is 1460. The molecule has 1 atom stereocenters. The van der Waals surface area contributed by atoms with Crippen LogP contribution >= 0.6 is 11.3 Å². The lowest BCUT2D eigenvalue weighted by atomic mass is 9.96. The second-order valence-corrected chi connectivity index (χ2v) is 8.79. The Morgan fingerprint density at radius 1 is 1.21 bits per heavy atom. The van der Waals surface area contributed by atoms with Gasteiger partial charge in [0.1, 0.15) is 17.1 Å². The number of aliphatic hydroxyl groups is 1. The van der Waals surface area contributed by atoms with E-state index in [9.17, 15) is 14.7 Å². The largest absolute Gasteiger partial charge is 0.505 e. The Balaban J connectivity index is 1.76. The van der Waals surface area contributed by atoms with E-state index >= 15 is 0 Å². The van der Waals surface area contributed by atoms with E-state index in [1.165, 1.54) is 16.2 Å². The molecule has 8 nitrogen and oxygen atoms in total. The van der Waals surface area contributed by atoms with Crippen molar-refractivity contribution in [2.75, 3.05) is 11.5 Å². The number of aliphatic hydroxyl groups excluding tert-OH is 1. The zero-order valence-corrected chi connectivity index (χ0v) is 19.7. The lowest BCUT2D eigenvalue weighted by Gasteiger charge is -2.23. The van der Waals surface area contributed by atoms with Gasteiger partial charge < -0.3 is 14.2 Å². The van der Waals surface area contributed by atoms with Crippen molar-refractivity contribution in [3.63, 3.8) is 0 Å². The predicted octanol–water partition coefficient (Wildman–Crippen LogP) is 4.43. The molecule has 1 aromatic carbocycles. The molecule has 0 bridgehead atoms. The molecular weight excluding hydrogens is 452 g/mol. The molecule has 0 spiro atoms. The van der Waals surface area contributed by atoms with Crippen LogP contribution in [0.1, 0.15) is 35.5 Å². The van der Waals surface area contributed by atoms with Gasteiger partial charge in [0.2, 0.25) is 0 Å². The van der Waals surface area contributed by atoms with Gasteiger partial charge >= 0.3 is 5.91 Å². The summed E-state index contributed by atoms with van der Waals surface area (Å²) in [6.45, 7) is 6.08. The average Bonchev–Trinajstić information content (AvgIpc) is 3.53. The van der Waals surface area contributed by atoms with Crippen molar-refractivity contribution in [2.45, 2.75) is 26.8 Å². The molecule has 0 aliphatic carbocycles. The molecule has 1 unspecified atom stereocenters. The highest BCUT2D eigenvalue weighted by molar-refractivity contribution is 7.14. The number of ketones is 1. The number of aromatic nitrogens is 3. The van der Waals surface area contributed by atoms with E-state index in [1.807, 2.05) is 43.5 Å². The van der Waals surface area contributed by atoms with Crippen molar-refractivity contribution in [2.24, 2.45) is 0 Å². The number of ether oxygens (including phenoxy) is 1. The fraction of sp³-hybridized carbons (Fsp3) is 0.200. The van der Waals surface area contributed by atoms with Gasteiger partial charge in [-0.05, 0) is 50.1 Å². The highest BCUT2D eigenvalue weighted by atomic mass is 32.1. The molecule has 1 aliphatic rings. The third-order valence-corrected chi connectivity index (χ3v) is 6.63. The monoisotopic (exact) mass is 474 g/mol. The van der Waals surface area contributed by atoms with Crippen LogP contribution in [-0.2, 0) is 9.59 Å². The molecule has 34 heavy (non-hydrogen) atoms. The third-order valence-electron chi connectivity index (χ3n) is 5.86. The number of aryl methyl sites for hydroxylation is 2. The molecular formula is C25H22N4O4S. The molecule has 1 fully saturated rings. The standard InChI is InChI=1S/C25H22N4O4S/c1-4-33-17-9-5-8-16(13-17)20-18(22(31)24(32)29(20)25-26-10-12-34-25)21(30)19-15(3)28-11-6-7-14(2)23(28)27-19/h5-13,20,30H,4H2,1-3H3. The number of thiazole rings is 1. The predicted molar refractivity (Wildman–Crippen MR) is 129 cm³/mol. The van der Waals surface area contributed by atoms with Crippen LogP contribution < -0.4 is 9.64 Å². The molecule has 1 saturated heterocycles. The highest BCUT2D eigenvalue weighted by Gasteiger charge is 2.48. The van der Waals surface area contributed by atoms with Crippen molar-refractivity contribution in [3.8, 4) is 5.75 Å². The number of rotatable bonds is 5. The number of nitrogens with zero attached hydrogens (tertiary/aromatic N) is 4. The number of hydrogen-bond acceptors (Lipinski definition) is 7. The fourth-order valence-corrected chi connectivity index (χ4v) is 4.96. The van der Waals surface area contributed by atoms with Crippen LogP contribution in [-0.4, -0.2) is 37.8 Å². The van der Waals surface area contributed by atoms with Crippen LogP contribution in [0.15, 0.2) is 59.7 Å². The minimum atomic E-state index is -0.878. The van der Waals surface area contributed by atoms with Crippen molar-refractivity contribution in [1.29, 1.82) is 0 Å². The Hall–Kier alpha value is -3.98. The van der Waals surface area contributed by atoms with Gasteiger partial charge in [0, 0.05) is 17.8 Å². The first-order valence-corrected chi connectivity index (χ1v) is 11.7. The summed E-state index contributed by atoms with van der Waals surface area (Å²) in [4.78, 5) is 36.7. The van der Waals surface area contributed by atoms with Crippen LogP contribution in [0, 0.1) is 13.8 Å². The lowest BCUT2D eigenvalue weighted by molar-refractivity contribution is -0.132. The maximum absolute atomic E-state index is 13.3. The molecule has 3 aromatic heterocycles. The van der Waals surface area contributed by atoms with Crippen molar-refractivity contribution < 1.29 is 19.4 Å². The van der Waals surface area contributed by atoms with Gasteiger partial charge in [0.25, 0.3) is 5.78 Å². The van der Waals surface area contributed by atoms with Crippen molar-refractivity contribution >= 4 is 39.6 Å². The lowest BCUT2D eigenvalue weighted by Crippen LogP contribution is -2.29. The topological polar surface area (TPSA) is 97.0 Å². The van der Waals surface area contributed by atoms with Gasteiger partial charge in [0.05, 0.1) is 23.9 Å². The maximum atomic E-state index is 13.3. The maximum Gasteiger partial charge on any atom is 0.301 e. The van der Waals surface area contributed by atoms with E-state index in [0.717, 1.165) is 5.56 Å². The number of anilines is 1. The van der Waals surface area contributed by atoms with E-state index in [0.29, 0.717) is 34.4 Å². The summed E-state index contributed by atoms with van der Waals surface area (Å²) < 4.78 is 7.50. The quantitative estimate of drug-likeness (QED) is 0.261. The van der Waals surface area contributed by atoms with Gasteiger partial charge in [0.15, 0.2) is 10.9 Å². The first kappa shape index (κ1) is 21.8. The molecule has 4 aromatic rings. The molecule has 5 rings (SSSR count). The van der Waals surface area contributed by atoms with Gasteiger partial charge in [-0.1, -0.05) is 18.2 Å². The number of amides is 1. The van der Waals surface area contributed by atoms with Gasteiger partial charge in [-0.2, -0.15) is 0 Å². The SMILES string of the molecule is CCOc1cccc(C2C(=C(O)c3nc4c(C)cccn4c3C)C(=O)C(=O)N2c2nccs2)c1. The van der Waals surface area contributed by atoms with E-state index in [1.54, 1.807) is 35.8 Å². The van der Waals surface area contributed by atoms with Gasteiger partial charge in [-0.25, -0.2) is 9.97 Å². The number of fused-ring (bicyclic) bond motifs is 1. The normalized spacial score (nSPS) is 17.6. The Morgan fingerprint density at radius 3 is 2.74 bits per heavy atom. The van der Waals surface area contributed by atoms with Gasteiger partial charge in [-0.15, -0.1) is 11.3 Å². The van der Waals surface area contributed by atoms with Crippen LogP contribution in [0.4, 0.5) is 5.13 Å². The number of pyridine rings is 1. The van der Waals surface area contributed by atoms with E-state index < -0.39 is 17.7 Å². The summed E-state index contributed by atoms with van der Waals surface area (Å²) >= 11 is 1.24. The molecule has 1 N–H and O–H groups in total. The number of hydrogen-bond donors (Lipinski definition) is 1. The number of carbonyl (C=O) groups excluding carboxylic acids is 2. The molecule has 1 amide bonds. The second kappa shape index (κ2) is 8.42. The van der Waals surface area contributed by atoms with Gasteiger partial charge in [-0.3, -0.25) is 14.5 Å². The molecule has 0 saturated carbocycles. The van der Waals surface area contributed by atoms with E-state index in [2.05, 4.69) is 9.97 Å². The van der Waals surface area contributed by atoms with Crippen molar-refractivity contribution in [3.05, 3.63) is 82.3 Å². The second-order valence-electron chi connectivity index (χ2n) is 7.92. The minimum Gasteiger partial charge on any atom is -0.505 e. The Morgan fingerprint density at radius 2 is 2.03 bits per heavy atom. The molecule has 4 heterocycles. The number of benzene rings is 1. The number of carbonyl (C=O) groups is 2. The fourth-order valence-electron chi connectivity index (χ4n) is 4.30. The Labute approximate surface area is 199 Å². The zero-order chi connectivity index (χ0) is 24.0. The molecule has 1 aliphatic heterocycles. The summed E-state index contributed by atoms with van der Waals surface area (Å²) in [5.41, 5.74) is 3.12. The van der Waals surface area contributed by atoms with Crippen LogP contribution in [0.25, 0.3) is 11.4 Å².